The molecule has 0 fully saturated rings. The summed E-state index contributed by atoms with van der Waals surface area (Å²) < 4.78 is 0. The van der Waals surface area contributed by atoms with Crippen LogP contribution in [0.15, 0.2) is 12.7 Å². The smallest absolute Gasteiger partial charge is 0.0330 e. The van der Waals surface area contributed by atoms with Crippen molar-refractivity contribution in [2.24, 2.45) is 11.8 Å². The maximum atomic E-state index is 3.60. The number of unbranched alkanes of at least 4 members (excludes halogenated alkanes) is 1. The van der Waals surface area contributed by atoms with Gasteiger partial charge in [-0.05, 0) is 18.3 Å². The number of hydrogen-bond acceptors (Lipinski definition) is 0. The number of rotatable bonds is 5. The van der Waals surface area contributed by atoms with Gasteiger partial charge in [-0.25, -0.2) is 0 Å². The van der Waals surface area contributed by atoms with Crippen LogP contribution in [0.2, 0.25) is 0 Å². The normalized spacial score (nSPS) is 9.77. The summed E-state index contributed by atoms with van der Waals surface area (Å²) in [4.78, 5) is 0. The molecule has 0 amide bonds. The van der Waals surface area contributed by atoms with Crippen LogP contribution < -0.4 is 0 Å². The molecule has 0 rings (SSSR count). The van der Waals surface area contributed by atoms with E-state index in [4.69, 9.17) is 0 Å². The summed E-state index contributed by atoms with van der Waals surface area (Å²) in [6.45, 7) is 14.8. The molecule has 0 aliphatic carbocycles. The highest BCUT2D eigenvalue weighted by atomic mass is 13.9. The van der Waals surface area contributed by atoms with Gasteiger partial charge >= 0.3 is 0 Å². The molecule has 0 aromatic rings. The first-order chi connectivity index (χ1) is 6.04. The van der Waals surface area contributed by atoms with E-state index in [-0.39, 0.29) is 0 Å². The van der Waals surface area contributed by atoms with E-state index >= 15 is 0 Å². The minimum absolute atomic E-state index is 0.780. The summed E-state index contributed by atoms with van der Waals surface area (Å²) in [5.74, 6) is 1.68. The van der Waals surface area contributed by atoms with Crippen LogP contribution in [0.4, 0.5) is 0 Å². The van der Waals surface area contributed by atoms with Crippen molar-refractivity contribution in [3.05, 3.63) is 12.7 Å². The maximum Gasteiger partial charge on any atom is -0.0330 e. The molecule has 0 aromatic heterocycles. The Morgan fingerprint density at radius 3 is 1.69 bits per heavy atom. The molecule has 0 aliphatic heterocycles. The predicted molar refractivity (Wildman–Crippen MR) is 64.0 cm³/mol. The van der Waals surface area contributed by atoms with Crippen molar-refractivity contribution in [3.8, 4) is 0 Å². The molecule has 13 heavy (non-hydrogen) atoms. The van der Waals surface area contributed by atoms with E-state index in [2.05, 4.69) is 41.2 Å². The fraction of sp³-hybridized carbons (Fsp3) is 0.846. The minimum atomic E-state index is 0.780. The van der Waals surface area contributed by atoms with E-state index < -0.39 is 0 Å². The molecule has 0 N–H and O–H groups in total. The van der Waals surface area contributed by atoms with Crippen molar-refractivity contribution in [2.75, 3.05) is 0 Å². The monoisotopic (exact) mass is 184 g/mol. The molecular weight excluding hydrogens is 156 g/mol. The fourth-order valence-electron chi connectivity index (χ4n) is 0.946. The van der Waals surface area contributed by atoms with Gasteiger partial charge in [0.25, 0.3) is 0 Å². The Kier molecular flexibility index (Phi) is 13.7. The molecule has 0 radical (unpaired) electrons. The molecule has 0 heterocycles. The Hall–Kier alpha value is -0.260. The van der Waals surface area contributed by atoms with E-state index in [1.165, 1.54) is 19.3 Å². The van der Waals surface area contributed by atoms with E-state index in [0.717, 1.165) is 18.3 Å². The van der Waals surface area contributed by atoms with Crippen LogP contribution in [0.25, 0.3) is 0 Å². The first kappa shape index (κ1) is 15.2. The summed E-state index contributed by atoms with van der Waals surface area (Å²) in [5, 5.41) is 0. The third kappa shape index (κ3) is 24.5. The maximum absolute atomic E-state index is 3.60. The third-order valence-corrected chi connectivity index (χ3v) is 1.77. The third-order valence-electron chi connectivity index (χ3n) is 1.77. The first-order valence-corrected chi connectivity index (χ1v) is 5.65. The molecule has 0 aromatic carbocycles. The lowest BCUT2D eigenvalue weighted by molar-refractivity contribution is 0.550. The summed E-state index contributed by atoms with van der Waals surface area (Å²) >= 11 is 0. The lowest BCUT2D eigenvalue weighted by atomic mass is 10.1. The minimum Gasteiger partial charge on any atom is -0.103 e. The molecule has 0 bridgehead atoms. The van der Waals surface area contributed by atoms with Gasteiger partial charge in [0.15, 0.2) is 0 Å². The fourth-order valence-corrected chi connectivity index (χ4v) is 0.946. The van der Waals surface area contributed by atoms with Crippen molar-refractivity contribution in [1.82, 2.24) is 0 Å². The van der Waals surface area contributed by atoms with Gasteiger partial charge in [0.1, 0.15) is 0 Å². The van der Waals surface area contributed by atoms with Crippen molar-refractivity contribution in [2.45, 2.75) is 60.3 Å². The Labute approximate surface area is 85.4 Å². The topological polar surface area (TPSA) is 0 Å². The SMILES string of the molecule is C=CCC(C)C.CCCCC(C)C. The molecule has 0 spiro atoms. The van der Waals surface area contributed by atoms with Crippen LogP contribution in [0.3, 0.4) is 0 Å². The van der Waals surface area contributed by atoms with Crippen LogP contribution in [0.5, 0.6) is 0 Å². The van der Waals surface area contributed by atoms with Gasteiger partial charge < -0.3 is 0 Å². The average Bonchev–Trinajstić information content (AvgIpc) is 2.01. The predicted octanol–water partition coefficient (Wildman–Crippen LogP) is 5.05. The molecule has 0 atom stereocenters. The highest BCUT2D eigenvalue weighted by Gasteiger charge is 1.88. The lowest BCUT2D eigenvalue weighted by Crippen LogP contribution is -1.83. The van der Waals surface area contributed by atoms with Crippen LogP contribution in [-0.4, -0.2) is 0 Å². The number of hydrogen-bond donors (Lipinski definition) is 0. The van der Waals surface area contributed by atoms with Gasteiger partial charge in [-0.2, -0.15) is 0 Å². The molecule has 0 saturated carbocycles. The average molecular weight is 184 g/mol. The second kappa shape index (κ2) is 11.7. The highest BCUT2D eigenvalue weighted by Crippen LogP contribution is 2.04. The van der Waals surface area contributed by atoms with Crippen LogP contribution in [0.1, 0.15) is 60.3 Å². The zero-order valence-corrected chi connectivity index (χ0v) is 10.3. The number of allylic oxidation sites excluding steroid dienone is 1. The Bertz CT molecular complexity index is 90.2. The Balaban J connectivity index is 0. The summed E-state index contributed by atoms with van der Waals surface area (Å²) in [7, 11) is 0. The zero-order valence-electron chi connectivity index (χ0n) is 10.3. The van der Waals surface area contributed by atoms with Gasteiger partial charge in [-0.1, -0.05) is 60.0 Å². The van der Waals surface area contributed by atoms with Crippen LogP contribution in [-0.2, 0) is 0 Å². The van der Waals surface area contributed by atoms with Gasteiger partial charge in [0, 0.05) is 0 Å². The van der Waals surface area contributed by atoms with Gasteiger partial charge in [-0.15, -0.1) is 6.58 Å². The van der Waals surface area contributed by atoms with Crippen molar-refractivity contribution in [3.63, 3.8) is 0 Å². The Morgan fingerprint density at radius 2 is 1.62 bits per heavy atom. The largest absolute Gasteiger partial charge is 0.103 e. The van der Waals surface area contributed by atoms with Gasteiger partial charge in [0.05, 0.1) is 0 Å². The van der Waals surface area contributed by atoms with Gasteiger partial charge in [0.2, 0.25) is 0 Å². The van der Waals surface area contributed by atoms with Crippen LogP contribution in [0, 0.1) is 11.8 Å². The standard InChI is InChI=1S/C7H16.C6H12/c1-4-5-6-7(2)3;1-4-5-6(2)3/h7H,4-6H2,1-3H3;4,6H,1,5H2,2-3H3. The van der Waals surface area contributed by atoms with E-state index in [9.17, 15) is 0 Å². The molecule has 0 unspecified atom stereocenters. The summed E-state index contributed by atoms with van der Waals surface area (Å²) in [5.41, 5.74) is 0. The molecule has 0 aliphatic rings. The summed E-state index contributed by atoms with van der Waals surface area (Å²) in [6.07, 6.45) is 7.23. The molecular formula is C13H28. The molecule has 80 valence electrons. The van der Waals surface area contributed by atoms with Crippen molar-refractivity contribution < 1.29 is 0 Å². The van der Waals surface area contributed by atoms with E-state index in [1.54, 1.807) is 0 Å². The molecule has 0 nitrogen and oxygen atoms in total. The zero-order chi connectivity index (χ0) is 10.7. The second-order valence-electron chi connectivity index (χ2n) is 4.45. The molecule has 0 heteroatoms. The van der Waals surface area contributed by atoms with E-state index in [0.29, 0.717) is 0 Å². The highest BCUT2D eigenvalue weighted by molar-refractivity contribution is 4.67. The lowest BCUT2D eigenvalue weighted by Gasteiger charge is -1.98. The quantitative estimate of drug-likeness (QED) is 0.524. The Morgan fingerprint density at radius 1 is 1.08 bits per heavy atom. The first-order valence-electron chi connectivity index (χ1n) is 5.65. The summed E-state index contributed by atoms with van der Waals surface area (Å²) in [6, 6.07) is 0. The molecule has 0 saturated heterocycles. The van der Waals surface area contributed by atoms with E-state index in [1.807, 2.05) is 6.08 Å². The van der Waals surface area contributed by atoms with Gasteiger partial charge in [-0.3, -0.25) is 0 Å². The second-order valence-corrected chi connectivity index (χ2v) is 4.45. The van der Waals surface area contributed by atoms with Crippen molar-refractivity contribution in [1.29, 1.82) is 0 Å². The van der Waals surface area contributed by atoms with Crippen LogP contribution >= 0.6 is 0 Å². The van der Waals surface area contributed by atoms with Crippen molar-refractivity contribution >= 4 is 0 Å².